The second-order valence-corrected chi connectivity index (χ2v) is 0.911. The lowest BCUT2D eigenvalue weighted by molar-refractivity contribution is -0.135. The molecule has 0 aromatic rings. The second-order valence-electron chi connectivity index (χ2n) is 0.911. The Hall–Kier alpha value is -0.860. The molecule has 3 nitrogen and oxygen atoms in total. The minimum Gasteiger partial charge on any atom is -0.384 e. The number of carbonyl (C=O) groups is 1. The van der Waals surface area contributed by atoms with Gasteiger partial charge in [0.05, 0.1) is 0 Å². The molecule has 0 unspecified atom stereocenters. The number of hydrogen-bond acceptors (Lipinski definition) is 3. The summed E-state index contributed by atoms with van der Waals surface area (Å²) in [7, 11) is 0. The Labute approximate surface area is 41.3 Å². The van der Waals surface area contributed by atoms with Gasteiger partial charge in [-0.25, -0.2) is 4.79 Å². The molecular formula is C4H5O3. The molecule has 0 bridgehead atoms. The smallest absolute Gasteiger partial charge is 0.384 e. The molecule has 1 radical (unpaired) electrons. The first-order chi connectivity index (χ1) is 3.31. The fourth-order valence-corrected chi connectivity index (χ4v) is 0.119. The predicted molar refractivity (Wildman–Crippen MR) is 22.1 cm³/mol. The average molecular weight is 101 g/mol. The summed E-state index contributed by atoms with van der Waals surface area (Å²) in [5.41, 5.74) is 0. The van der Waals surface area contributed by atoms with Crippen LogP contribution in [0.15, 0.2) is 0 Å². The van der Waals surface area contributed by atoms with Crippen molar-refractivity contribution in [2.45, 2.75) is 13.3 Å². The van der Waals surface area contributed by atoms with Crippen LogP contribution in [0.2, 0.25) is 0 Å². The molecule has 0 amide bonds. The molecule has 0 heterocycles. The van der Waals surface area contributed by atoms with Crippen LogP contribution in [0.25, 0.3) is 0 Å². The van der Waals surface area contributed by atoms with E-state index in [1.165, 1.54) is 0 Å². The summed E-state index contributed by atoms with van der Waals surface area (Å²) in [6.45, 7) is 2.62. The van der Waals surface area contributed by atoms with Crippen LogP contribution in [0.3, 0.4) is 0 Å². The van der Waals surface area contributed by atoms with Crippen LogP contribution in [0.4, 0.5) is 0 Å². The number of esters is 1. The molecule has 0 N–H and O–H groups in total. The zero-order valence-electron chi connectivity index (χ0n) is 3.93. The topological polar surface area (TPSA) is 43.4 Å². The first-order valence-electron chi connectivity index (χ1n) is 1.88. The zero-order valence-corrected chi connectivity index (χ0v) is 3.93. The molecular weight excluding hydrogens is 96.0 g/mol. The van der Waals surface area contributed by atoms with Crippen LogP contribution in [-0.4, -0.2) is 12.4 Å². The molecule has 0 saturated heterocycles. The third-order valence-corrected chi connectivity index (χ3v) is 0.444. The molecule has 0 spiro atoms. The summed E-state index contributed by atoms with van der Waals surface area (Å²) in [5.74, 6) is -0.546. The molecule has 0 aliphatic carbocycles. The van der Waals surface area contributed by atoms with Crippen molar-refractivity contribution < 1.29 is 14.3 Å². The fraction of sp³-hybridized carbons (Fsp3) is 0.500. The zero-order chi connectivity index (χ0) is 5.70. The van der Waals surface area contributed by atoms with Gasteiger partial charge in [-0.3, -0.25) is 4.79 Å². The third-order valence-electron chi connectivity index (χ3n) is 0.444. The van der Waals surface area contributed by atoms with Crippen molar-refractivity contribution in [2.75, 3.05) is 0 Å². The van der Waals surface area contributed by atoms with E-state index in [0.717, 1.165) is 6.47 Å². The van der Waals surface area contributed by atoms with Gasteiger partial charge >= 0.3 is 12.4 Å². The predicted octanol–water partition coefficient (Wildman–Crippen LogP) is 0.00680. The van der Waals surface area contributed by atoms with Gasteiger partial charge in [-0.2, -0.15) is 0 Å². The van der Waals surface area contributed by atoms with Crippen molar-refractivity contribution >= 4 is 12.4 Å². The van der Waals surface area contributed by atoms with Gasteiger partial charge in [-0.1, -0.05) is 6.92 Å². The van der Waals surface area contributed by atoms with E-state index in [-0.39, 0.29) is 6.42 Å². The summed E-state index contributed by atoms with van der Waals surface area (Å²) in [6.07, 6.45) is 0.218. The van der Waals surface area contributed by atoms with Crippen LogP contribution in [-0.2, 0) is 14.3 Å². The molecule has 0 atom stereocenters. The molecule has 0 aromatic heterocycles. The van der Waals surface area contributed by atoms with Gasteiger partial charge in [-0.05, 0) is 0 Å². The monoisotopic (exact) mass is 101 g/mol. The highest BCUT2D eigenvalue weighted by molar-refractivity contribution is 5.76. The number of ether oxygens (including phenoxy) is 1. The van der Waals surface area contributed by atoms with Crippen LogP contribution in [0.1, 0.15) is 13.3 Å². The molecule has 39 valence electrons. The van der Waals surface area contributed by atoms with Gasteiger partial charge in [-0.15, -0.1) is 0 Å². The van der Waals surface area contributed by atoms with Gasteiger partial charge in [0.2, 0.25) is 0 Å². The molecule has 0 rings (SSSR count). The summed E-state index contributed by atoms with van der Waals surface area (Å²) in [6, 6.07) is 0. The Bertz CT molecular complexity index is 77.0. The molecule has 3 heteroatoms. The molecule has 7 heavy (non-hydrogen) atoms. The maximum absolute atomic E-state index is 9.93. The van der Waals surface area contributed by atoms with E-state index >= 15 is 0 Å². The van der Waals surface area contributed by atoms with Crippen LogP contribution in [0.5, 0.6) is 0 Å². The summed E-state index contributed by atoms with van der Waals surface area (Å²) >= 11 is 0. The molecule has 0 aromatic carbocycles. The quantitative estimate of drug-likeness (QED) is 0.363. The minimum atomic E-state index is -0.546. The molecule has 0 saturated carbocycles. The van der Waals surface area contributed by atoms with E-state index in [9.17, 15) is 9.59 Å². The normalized spacial score (nSPS) is 7.57. The molecule has 0 fully saturated rings. The van der Waals surface area contributed by atoms with E-state index in [0.29, 0.717) is 0 Å². The lowest BCUT2D eigenvalue weighted by Crippen LogP contribution is -1.98. The van der Waals surface area contributed by atoms with E-state index in [4.69, 9.17) is 0 Å². The van der Waals surface area contributed by atoms with Gasteiger partial charge in [0.1, 0.15) is 0 Å². The van der Waals surface area contributed by atoms with Crippen molar-refractivity contribution in [3.63, 3.8) is 0 Å². The molecule has 0 aliphatic heterocycles. The number of hydrogen-bond donors (Lipinski definition) is 0. The highest BCUT2D eigenvalue weighted by Crippen LogP contribution is 1.77. The molecule has 0 aliphatic rings. The highest BCUT2D eigenvalue weighted by Gasteiger charge is 1.93. The van der Waals surface area contributed by atoms with E-state index < -0.39 is 5.97 Å². The summed E-state index contributed by atoms with van der Waals surface area (Å²) in [5, 5.41) is 0. The van der Waals surface area contributed by atoms with E-state index in [2.05, 4.69) is 4.74 Å². The van der Waals surface area contributed by atoms with Crippen LogP contribution < -0.4 is 0 Å². The van der Waals surface area contributed by atoms with Crippen molar-refractivity contribution in [2.24, 2.45) is 0 Å². The Kier molecular flexibility index (Phi) is 2.92. The van der Waals surface area contributed by atoms with Gasteiger partial charge in [0, 0.05) is 6.42 Å². The maximum atomic E-state index is 9.93. The Balaban J connectivity index is 3.17. The fourth-order valence-electron chi connectivity index (χ4n) is 0.119. The maximum Gasteiger partial charge on any atom is 0.425 e. The van der Waals surface area contributed by atoms with Gasteiger partial charge in [0.25, 0.3) is 0 Å². The van der Waals surface area contributed by atoms with Gasteiger partial charge in [0.15, 0.2) is 0 Å². The summed E-state index contributed by atoms with van der Waals surface area (Å²) < 4.78 is 3.75. The van der Waals surface area contributed by atoms with E-state index in [1.807, 2.05) is 0 Å². The lowest BCUT2D eigenvalue weighted by Gasteiger charge is -1.83. The lowest BCUT2D eigenvalue weighted by atomic mass is 10.5. The Morgan fingerprint density at radius 2 is 2.43 bits per heavy atom. The van der Waals surface area contributed by atoms with Crippen LogP contribution >= 0.6 is 0 Å². The van der Waals surface area contributed by atoms with Crippen molar-refractivity contribution in [1.82, 2.24) is 0 Å². The first kappa shape index (κ1) is 6.14. The largest absolute Gasteiger partial charge is 0.425 e. The number of carbonyl (C=O) groups excluding carboxylic acids is 2. The minimum absolute atomic E-state index is 0.218. The van der Waals surface area contributed by atoms with Crippen LogP contribution in [0, 0.1) is 0 Å². The first-order valence-corrected chi connectivity index (χ1v) is 1.88. The third kappa shape index (κ3) is 2.96. The van der Waals surface area contributed by atoms with Crippen molar-refractivity contribution in [1.29, 1.82) is 0 Å². The van der Waals surface area contributed by atoms with Crippen molar-refractivity contribution in [3.8, 4) is 0 Å². The number of rotatable bonds is 2. The van der Waals surface area contributed by atoms with Gasteiger partial charge < -0.3 is 4.74 Å². The average Bonchev–Trinajstić information content (AvgIpc) is 1.68. The summed E-state index contributed by atoms with van der Waals surface area (Å²) in [4.78, 5) is 19.1. The van der Waals surface area contributed by atoms with Crippen molar-refractivity contribution in [3.05, 3.63) is 0 Å². The Morgan fingerprint density at radius 1 is 1.86 bits per heavy atom. The standard InChI is InChI=1S/C4H5O3/c1-2-4(6)7-3-5/h2H2,1H3. The highest BCUT2D eigenvalue weighted by atomic mass is 16.6. The SMILES string of the molecule is CCC(=O)O[C]=O. The van der Waals surface area contributed by atoms with E-state index in [1.54, 1.807) is 6.92 Å². The Morgan fingerprint density at radius 3 is 2.57 bits per heavy atom. The second kappa shape index (κ2) is 3.33.